The minimum absolute atomic E-state index is 0.306. The van der Waals surface area contributed by atoms with Crippen LogP contribution in [0.4, 0.5) is 0 Å². The molecule has 0 aromatic rings. The van der Waals surface area contributed by atoms with Crippen molar-refractivity contribution in [3.8, 4) is 0 Å². The lowest BCUT2D eigenvalue weighted by molar-refractivity contribution is -0.152. The Morgan fingerprint density at radius 2 is 1.95 bits per heavy atom. The molecule has 19 heavy (non-hydrogen) atoms. The van der Waals surface area contributed by atoms with E-state index in [4.69, 9.17) is 4.84 Å². The molecule has 0 aromatic carbocycles. The van der Waals surface area contributed by atoms with E-state index in [0.717, 1.165) is 39.0 Å². The molecule has 5 nitrogen and oxygen atoms in total. The van der Waals surface area contributed by atoms with Gasteiger partial charge in [0.05, 0.1) is 7.11 Å². The second-order valence-electron chi connectivity index (χ2n) is 5.83. The summed E-state index contributed by atoms with van der Waals surface area (Å²) >= 11 is 0. The highest BCUT2D eigenvalue weighted by atomic mass is 16.7. The van der Waals surface area contributed by atoms with Crippen LogP contribution in [0.15, 0.2) is 0 Å². The number of hydrogen-bond donors (Lipinski definition) is 1. The van der Waals surface area contributed by atoms with Gasteiger partial charge in [-0.15, -0.1) is 0 Å². The zero-order valence-corrected chi connectivity index (χ0v) is 12.4. The number of hydroxylamine groups is 2. The molecule has 0 aromatic heterocycles. The topological polar surface area (TPSA) is 44.8 Å². The van der Waals surface area contributed by atoms with Crippen molar-refractivity contribution in [2.24, 2.45) is 5.92 Å². The van der Waals surface area contributed by atoms with Crippen molar-refractivity contribution in [2.45, 2.75) is 45.2 Å². The lowest BCUT2D eigenvalue weighted by Gasteiger charge is -2.39. The first kappa shape index (κ1) is 14.8. The van der Waals surface area contributed by atoms with Crippen LogP contribution < -0.4 is 5.32 Å². The van der Waals surface area contributed by atoms with Gasteiger partial charge in [-0.1, -0.05) is 0 Å². The Kier molecular flexibility index (Phi) is 5.19. The predicted molar refractivity (Wildman–Crippen MR) is 74.6 cm³/mol. The molecule has 0 bridgehead atoms. The zero-order chi connectivity index (χ0) is 13.8. The number of carbonyl (C=O) groups is 1. The average Bonchev–Trinajstić information content (AvgIpc) is 2.42. The van der Waals surface area contributed by atoms with Crippen LogP contribution in [0.1, 0.15) is 33.1 Å². The molecule has 0 spiro atoms. The monoisotopic (exact) mass is 269 g/mol. The Morgan fingerprint density at radius 3 is 2.58 bits per heavy atom. The second kappa shape index (κ2) is 6.68. The summed E-state index contributed by atoms with van der Waals surface area (Å²) in [4.78, 5) is 19.7. The van der Waals surface area contributed by atoms with Gasteiger partial charge < -0.3 is 15.1 Å². The number of hydrogen-bond acceptors (Lipinski definition) is 4. The summed E-state index contributed by atoms with van der Waals surface area (Å²) in [6, 6.07) is 0.702. The normalized spacial score (nSPS) is 30.6. The number of piperidine rings is 1. The molecular formula is C14H27N3O2. The van der Waals surface area contributed by atoms with E-state index >= 15 is 0 Å². The fourth-order valence-corrected chi connectivity index (χ4v) is 3.07. The highest BCUT2D eigenvalue weighted by Gasteiger charge is 2.30. The maximum absolute atomic E-state index is 12.4. The van der Waals surface area contributed by atoms with Crippen LogP contribution in [-0.4, -0.2) is 61.2 Å². The third-order valence-corrected chi connectivity index (χ3v) is 4.65. The number of amides is 1. The first-order valence-corrected chi connectivity index (χ1v) is 7.43. The van der Waals surface area contributed by atoms with Gasteiger partial charge in [-0.3, -0.25) is 4.79 Å². The van der Waals surface area contributed by atoms with E-state index in [9.17, 15) is 4.79 Å². The van der Waals surface area contributed by atoms with Crippen molar-refractivity contribution < 1.29 is 9.63 Å². The summed E-state index contributed by atoms with van der Waals surface area (Å²) in [5.41, 5.74) is 0. The fraction of sp³-hybridized carbons (Fsp3) is 0.929. The molecule has 2 aliphatic rings. The van der Waals surface area contributed by atoms with Crippen molar-refractivity contribution in [3.63, 3.8) is 0 Å². The molecule has 0 aliphatic carbocycles. The van der Waals surface area contributed by atoms with Crippen molar-refractivity contribution in [3.05, 3.63) is 0 Å². The second-order valence-corrected chi connectivity index (χ2v) is 5.83. The van der Waals surface area contributed by atoms with Crippen molar-refractivity contribution in [2.75, 3.05) is 33.3 Å². The Morgan fingerprint density at radius 1 is 1.26 bits per heavy atom. The SMILES string of the molecule is CON1CCC(CC(=O)N2CCNC(C)C2C)CC1. The Hall–Kier alpha value is -0.650. The minimum atomic E-state index is 0.306. The standard InChI is InChI=1S/C14H27N3O2/c1-11-12(2)17(9-6-15-11)14(18)10-13-4-7-16(19-3)8-5-13/h11-13,15H,4-10H2,1-3H3. The average molecular weight is 269 g/mol. The molecule has 2 fully saturated rings. The van der Waals surface area contributed by atoms with E-state index < -0.39 is 0 Å². The Bertz CT molecular complexity index is 303. The molecule has 0 radical (unpaired) electrons. The largest absolute Gasteiger partial charge is 0.337 e. The summed E-state index contributed by atoms with van der Waals surface area (Å²) in [7, 11) is 1.72. The van der Waals surface area contributed by atoms with Crippen LogP contribution in [0.25, 0.3) is 0 Å². The first-order chi connectivity index (χ1) is 9.11. The van der Waals surface area contributed by atoms with Crippen LogP contribution >= 0.6 is 0 Å². The van der Waals surface area contributed by atoms with Gasteiger partial charge in [-0.25, -0.2) is 0 Å². The van der Waals surface area contributed by atoms with E-state index in [2.05, 4.69) is 24.1 Å². The number of nitrogens with zero attached hydrogens (tertiary/aromatic N) is 2. The summed E-state index contributed by atoms with van der Waals surface area (Å²) in [6.45, 7) is 7.95. The molecule has 0 saturated carbocycles. The molecule has 2 rings (SSSR count). The summed E-state index contributed by atoms with van der Waals surface area (Å²) in [5.74, 6) is 0.855. The number of piperazine rings is 1. The lowest BCUT2D eigenvalue weighted by Crippen LogP contribution is -2.57. The maximum Gasteiger partial charge on any atom is 0.223 e. The molecule has 2 aliphatic heterocycles. The predicted octanol–water partition coefficient (Wildman–Crippen LogP) is 0.859. The minimum Gasteiger partial charge on any atom is -0.337 e. The highest BCUT2D eigenvalue weighted by Crippen LogP contribution is 2.22. The van der Waals surface area contributed by atoms with Crippen LogP contribution in [-0.2, 0) is 9.63 Å². The zero-order valence-electron chi connectivity index (χ0n) is 12.4. The van der Waals surface area contributed by atoms with E-state index in [0.29, 0.717) is 30.3 Å². The molecule has 2 heterocycles. The van der Waals surface area contributed by atoms with Gasteiger partial charge >= 0.3 is 0 Å². The van der Waals surface area contributed by atoms with E-state index in [1.54, 1.807) is 7.11 Å². The third-order valence-electron chi connectivity index (χ3n) is 4.65. The smallest absolute Gasteiger partial charge is 0.223 e. The molecule has 2 saturated heterocycles. The molecular weight excluding hydrogens is 242 g/mol. The Labute approximate surface area is 116 Å². The van der Waals surface area contributed by atoms with E-state index in [-0.39, 0.29) is 0 Å². The van der Waals surface area contributed by atoms with E-state index in [1.165, 1.54) is 0 Å². The van der Waals surface area contributed by atoms with Crippen LogP contribution in [0.2, 0.25) is 0 Å². The van der Waals surface area contributed by atoms with E-state index in [1.807, 2.05) is 5.06 Å². The highest BCUT2D eigenvalue weighted by molar-refractivity contribution is 5.77. The first-order valence-electron chi connectivity index (χ1n) is 7.43. The number of carbonyl (C=O) groups excluding carboxylic acids is 1. The molecule has 1 amide bonds. The van der Waals surface area contributed by atoms with Gasteiger partial charge in [-0.2, -0.15) is 5.06 Å². The van der Waals surface area contributed by atoms with Gasteiger partial charge in [-0.05, 0) is 32.6 Å². The van der Waals surface area contributed by atoms with Gasteiger partial charge in [0.25, 0.3) is 0 Å². The van der Waals surface area contributed by atoms with Crippen molar-refractivity contribution in [1.82, 2.24) is 15.3 Å². The van der Waals surface area contributed by atoms with Crippen LogP contribution in [0.5, 0.6) is 0 Å². The van der Waals surface area contributed by atoms with Gasteiger partial charge in [0.15, 0.2) is 0 Å². The van der Waals surface area contributed by atoms with Gasteiger partial charge in [0, 0.05) is 44.7 Å². The lowest BCUT2D eigenvalue weighted by atomic mass is 9.93. The third kappa shape index (κ3) is 3.68. The van der Waals surface area contributed by atoms with Crippen molar-refractivity contribution in [1.29, 1.82) is 0 Å². The quantitative estimate of drug-likeness (QED) is 0.825. The van der Waals surface area contributed by atoms with Gasteiger partial charge in [0.2, 0.25) is 5.91 Å². The summed E-state index contributed by atoms with van der Waals surface area (Å²) in [6.07, 6.45) is 2.83. The molecule has 110 valence electrons. The number of nitrogens with one attached hydrogen (secondary N) is 1. The molecule has 5 heteroatoms. The molecule has 2 unspecified atom stereocenters. The fourth-order valence-electron chi connectivity index (χ4n) is 3.07. The maximum atomic E-state index is 12.4. The van der Waals surface area contributed by atoms with Gasteiger partial charge in [0.1, 0.15) is 0 Å². The Balaban J connectivity index is 1.81. The van der Waals surface area contributed by atoms with Crippen molar-refractivity contribution >= 4 is 5.91 Å². The summed E-state index contributed by atoms with van der Waals surface area (Å²) < 4.78 is 0. The molecule has 2 atom stereocenters. The molecule has 1 N–H and O–H groups in total. The van der Waals surface area contributed by atoms with Crippen LogP contribution in [0, 0.1) is 5.92 Å². The summed E-state index contributed by atoms with van der Waals surface area (Å²) in [5, 5.41) is 5.40. The van der Waals surface area contributed by atoms with Crippen LogP contribution in [0.3, 0.4) is 0 Å². The number of rotatable bonds is 3.